The zero-order valence-corrected chi connectivity index (χ0v) is 27.8. The zero-order valence-electron chi connectivity index (χ0n) is 27.8. The number of furan rings is 1. The third-order valence-corrected chi connectivity index (χ3v) is 11.3. The summed E-state index contributed by atoms with van der Waals surface area (Å²) in [4.78, 5) is 0. The van der Waals surface area contributed by atoms with Crippen molar-refractivity contribution in [3.63, 3.8) is 0 Å². The predicted molar refractivity (Wildman–Crippen MR) is 204 cm³/mol. The molecule has 2 nitrogen and oxygen atoms in total. The van der Waals surface area contributed by atoms with Crippen LogP contribution in [0.2, 0.25) is 0 Å². The first kappa shape index (κ1) is 28.2. The number of rotatable bonds is 4. The van der Waals surface area contributed by atoms with Crippen LogP contribution in [0.3, 0.4) is 0 Å². The second-order valence-corrected chi connectivity index (χ2v) is 14.3. The summed E-state index contributed by atoms with van der Waals surface area (Å²) in [7, 11) is 0. The van der Waals surface area contributed by atoms with E-state index in [2.05, 4.69) is 178 Å². The molecule has 0 aliphatic heterocycles. The standard InChI is InChI=1S/C47H35NO/c1-46(2)39-15-7-4-11-33(39)36-25-21-30(27-43(36)46)29-19-22-31(23-20-29)48-32-24-26-44-38(28-32)37-14-10-18-42(45(37)49-44)47(3)40-16-8-5-12-34(40)35-13-6-9-17-41(35)47/h4-28,48H,1-3H3. The highest BCUT2D eigenvalue weighted by Gasteiger charge is 2.42. The van der Waals surface area contributed by atoms with E-state index in [1.54, 1.807) is 0 Å². The van der Waals surface area contributed by atoms with E-state index >= 15 is 0 Å². The Morgan fingerprint density at radius 3 is 1.71 bits per heavy atom. The minimum absolute atomic E-state index is 0.0100. The van der Waals surface area contributed by atoms with Gasteiger partial charge in [0.25, 0.3) is 0 Å². The van der Waals surface area contributed by atoms with Gasteiger partial charge in [-0.25, -0.2) is 0 Å². The van der Waals surface area contributed by atoms with Crippen LogP contribution in [0.25, 0.3) is 55.3 Å². The lowest BCUT2D eigenvalue weighted by Crippen LogP contribution is -2.22. The molecule has 0 unspecified atom stereocenters. The summed E-state index contributed by atoms with van der Waals surface area (Å²) < 4.78 is 6.70. The normalized spacial score (nSPS) is 14.8. The molecule has 234 valence electrons. The van der Waals surface area contributed by atoms with Crippen LogP contribution in [0.1, 0.15) is 48.6 Å². The average molecular weight is 630 g/mol. The van der Waals surface area contributed by atoms with Gasteiger partial charge in [-0.3, -0.25) is 0 Å². The molecule has 1 N–H and O–H groups in total. The molecular weight excluding hydrogens is 595 g/mol. The Morgan fingerprint density at radius 2 is 1.00 bits per heavy atom. The van der Waals surface area contributed by atoms with Gasteiger partial charge < -0.3 is 9.73 Å². The molecule has 0 amide bonds. The number of anilines is 2. The van der Waals surface area contributed by atoms with Crippen LogP contribution in [0.4, 0.5) is 11.4 Å². The van der Waals surface area contributed by atoms with Gasteiger partial charge in [-0.15, -0.1) is 0 Å². The van der Waals surface area contributed by atoms with Gasteiger partial charge in [0.15, 0.2) is 0 Å². The molecule has 0 bridgehead atoms. The number of para-hydroxylation sites is 1. The maximum Gasteiger partial charge on any atom is 0.139 e. The first-order valence-corrected chi connectivity index (χ1v) is 17.2. The molecule has 2 aliphatic rings. The first-order valence-electron chi connectivity index (χ1n) is 17.2. The number of hydrogen-bond donors (Lipinski definition) is 1. The van der Waals surface area contributed by atoms with Crippen molar-refractivity contribution in [3.8, 4) is 33.4 Å². The van der Waals surface area contributed by atoms with Gasteiger partial charge in [-0.1, -0.05) is 129 Å². The molecule has 0 spiro atoms. The minimum Gasteiger partial charge on any atom is -0.456 e. The molecule has 0 saturated heterocycles. The van der Waals surface area contributed by atoms with E-state index in [4.69, 9.17) is 4.42 Å². The predicted octanol–water partition coefficient (Wildman–Crippen LogP) is 12.6. The Labute approximate surface area is 286 Å². The van der Waals surface area contributed by atoms with E-state index < -0.39 is 0 Å². The van der Waals surface area contributed by atoms with Crippen LogP contribution in [0.5, 0.6) is 0 Å². The average Bonchev–Trinajstić information content (AvgIpc) is 3.72. The molecule has 8 aromatic rings. The second-order valence-electron chi connectivity index (χ2n) is 14.3. The van der Waals surface area contributed by atoms with E-state index in [-0.39, 0.29) is 10.8 Å². The number of hydrogen-bond acceptors (Lipinski definition) is 2. The Kier molecular flexibility index (Phi) is 5.79. The maximum absolute atomic E-state index is 6.70. The lowest BCUT2D eigenvalue weighted by atomic mass is 9.74. The van der Waals surface area contributed by atoms with E-state index in [1.165, 1.54) is 61.2 Å². The van der Waals surface area contributed by atoms with E-state index in [0.29, 0.717) is 0 Å². The van der Waals surface area contributed by atoms with Crippen molar-refractivity contribution < 1.29 is 4.42 Å². The zero-order chi connectivity index (χ0) is 32.9. The molecule has 2 aliphatic carbocycles. The van der Waals surface area contributed by atoms with Crippen molar-refractivity contribution in [2.24, 2.45) is 0 Å². The van der Waals surface area contributed by atoms with Gasteiger partial charge in [0.1, 0.15) is 11.2 Å². The van der Waals surface area contributed by atoms with Crippen LogP contribution in [0, 0.1) is 0 Å². The second kappa shape index (κ2) is 10.1. The molecule has 0 saturated carbocycles. The van der Waals surface area contributed by atoms with Crippen molar-refractivity contribution in [2.45, 2.75) is 31.6 Å². The van der Waals surface area contributed by atoms with E-state index in [1.807, 2.05) is 0 Å². The Hall–Kier alpha value is -5.86. The van der Waals surface area contributed by atoms with Crippen LogP contribution >= 0.6 is 0 Å². The lowest BCUT2D eigenvalue weighted by molar-refractivity contribution is 0.638. The van der Waals surface area contributed by atoms with Crippen molar-refractivity contribution in [1.29, 1.82) is 0 Å². The van der Waals surface area contributed by atoms with E-state index in [9.17, 15) is 0 Å². The summed E-state index contributed by atoms with van der Waals surface area (Å²) in [5.74, 6) is 0. The molecule has 1 heterocycles. The van der Waals surface area contributed by atoms with E-state index in [0.717, 1.165) is 33.3 Å². The molecule has 0 atom stereocenters. The fraction of sp³-hybridized carbons (Fsp3) is 0.106. The Morgan fingerprint density at radius 1 is 0.429 bits per heavy atom. The highest BCUT2D eigenvalue weighted by molar-refractivity contribution is 6.08. The quantitative estimate of drug-likeness (QED) is 0.210. The molecular formula is C47H35NO. The van der Waals surface area contributed by atoms with Crippen LogP contribution in [-0.4, -0.2) is 0 Å². The number of fused-ring (bicyclic) bond motifs is 9. The monoisotopic (exact) mass is 629 g/mol. The highest BCUT2D eigenvalue weighted by atomic mass is 16.3. The van der Waals surface area contributed by atoms with Gasteiger partial charge >= 0.3 is 0 Å². The summed E-state index contributed by atoms with van der Waals surface area (Å²) in [5, 5.41) is 5.91. The van der Waals surface area contributed by atoms with Crippen molar-refractivity contribution in [1.82, 2.24) is 0 Å². The smallest absolute Gasteiger partial charge is 0.139 e. The molecule has 0 fully saturated rings. The largest absolute Gasteiger partial charge is 0.456 e. The van der Waals surface area contributed by atoms with Crippen LogP contribution < -0.4 is 5.32 Å². The third kappa shape index (κ3) is 3.95. The topological polar surface area (TPSA) is 25.2 Å². The van der Waals surface area contributed by atoms with Gasteiger partial charge in [0.2, 0.25) is 0 Å². The van der Waals surface area contributed by atoms with Gasteiger partial charge in [0, 0.05) is 38.5 Å². The fourth-order valence-corrected chi connectivity index (χ4v) is 8.81. The summed E-state index contributed by atoms with van der Waals surface area (Å²) in [6, 6.07) is 55.2. The number of nitrogens with one attached hydrogen (secondary N) is 1. The summed E-state index contributed by atoms with van der Waals surface area (Å²) in [5.41, 5.74) is 18.0. The third-order valence-electron chi connectivity index (χ3n) is 11.3. The molecule has 0 radical (unpaired) electrons. The minimum atomic E-state index is -0.317. The SMILES string of the molecule is CC1(C)c2ccccc2-c2ccc(-c3ccc(Nc4ccc5oc6c(C7(C)c8ccccc8-c8ccccc87)cccc6c5c4)cc3)cc21. The van der Waals surface area contributed by atoms with Crippen molar-refractivity contribution in [2.75, 3.05) is 5.32 Å². The lowest BCUT2D eigenvalue weighted by Gasteiger charge is -2.28. The summed E-state index contributed by atoms with van der Waals surface area (Å²) in [6.07, 6.45) is 0. The molecule has 10 rings (SSSR count). The maximum atomic E-state index is 6.70. The number of benzene rings is 7. The van der Waals surface area contributed by atoms with Gasteiger partial charge in [0.05, 0.1) is 0 Å². The van der Waals surface area contributed by atoms with Crippen LogP contribution in [-0.2, 0) is 10.8 Å². The molecule has 49 heavy (non-hydrogen) atoms. The van der Waals surface area contributed by atoms with Crippen molar-refractivity contribution in [3.05, 3.63) is 179 Å². The van der Waals surface area contributed by atoms with Crippen LogP contribution in [0.15, 0.2) is 156 Å². The Balaban J connectivity index is 0.982. The molecule has 1 aromatic heterocycles. The summed E-state index contributed by atoms with van der Waals surface area (Å²) in [6.45, 7) is 7.02. The van der Waals surface area contributed by atoms with Gasteiger partial charge in [-0.2, -0.15) is 0 Å². The highest BCUT2D eigenvalue weighted by Crippen LogP contribution is 2.54. The summed E-state index contributed by atoms with van der Waals surface area (Å²) >= 11 is 0. The first-order chi connectivity index (χ1) is 23.9. The molecule has 2 heteroatoms. The Bertz CT molecular complexity index is 2570. The fourth-order valence-electron chi connectivity index (χ4n) is 8.81. The van der Waals surface area contributed by atoms with Crippen molar-refractivity contribution >= 4 is 33.3 Å². The van der Waals surface area contributed by atoms with Gasteiger partial charge in [-0.05, 0) is 99.0 Å². The molecule has 7 aromatic carbocycles.